The van der Waals surface area contributed by atoms with Gasteiger partial charge >= 0.3 is 0 Å². The number of aromatic nitrogens is 1. The summed E-state index contributed by atoms with van der Waals surface area (Å²) in [7, 11) is 1.69. The molecule has 4 aromatic rings. The molecule has 0 bridgehead atoms. The van der Waals surface area contributed by atoms with Crippen LogP contribution in [0.1, 0.15) is 33.7 Å². The highest BCUT2D eigenvalue weighted by Gasteiger charge is 2.24. The van der Waals surface area contributed by atoms with E-state index in [-0.39, 0.29) is 12.0 Å². The first-order chi connectivity index (χ1) is 16.2. The molecule has 4 heteroatoms. The summed E-state index contributed by atoms with van der Waals surface area (Å²) in [5, 5.41) is 0. The summed E-state index contributed by atoms with van der Waals surface area (Å²) in [4.78, 5) is 4.17. The maximum atomic E-state index is 6.52. The molecule has 1 aliphatic carbocycles. The van der Waals surface area contributed by atoms with Crippen molar-refractivity contribution in [2.45, 2.75) is 31.3 Å². The van der Waals surface area contributed by atoms with E-state index in [1.165, 1.54) is 27.8 Å². The zero-order valence-electron chi connectivity index (χ0n) is 18.8. The second-order valence-corrected chi connectivity index (χ2v) is 8.61. The Labute approximate surface area is 195 Å². The molecule has 1 aliphatic rings. The largest absolute Gasteiger partial charge is 0.493 e. The fourth-order valence-corrected chi connectivity index (χ4v) is 4.69. The van der Waals surface area contributed by atoms with Gasteiger partial charge < -0.3 is 15.2 Å². The van der Waals surface area contributed by atoms with Gasteiger partial charge in [-0.2, -0.15) is 0 Å². The molecule has 3 aromatic carbocycles. The number of ether oxygens (including phenoxy) is 2. The van der Waals surface area contributed by atoms with E-state index >= 15 is 0 Å². The molecular weight excluding hydrogens is 408 g/mol. The van der Waals surface area contributed by atoms with Gasteiger partial charge in [-0.15, -0.1) is 0 Å². The van der Waals surface area contributed by atoms with Gasteiger partial charge in [-0.1, -0.05) is 42.5 Å². The van der Waals surface area contributed by atoms with E-state index in [1.54, 1.807) is 7.11 Å². The van der Waals surface area contributed by atoms with E-state index < -0.39 is 0 Å². The van der Waals surface area contributed by atoms with E-state index in [9.17, 15) is 0 Å². The first-order valence-corrected chi connectivity index (χ1v) is 11.4. The van der Waals surface area contributed by atoms with Crippen molar-refractivity contribution in [2.24, 2.45) is 0 Å². The van der Waals surface area contributed by atoms with Crippen LogP contribution in [-0.2, 0) is 19.3 Å². The quantitative estimate of drug-likeness (QED) is 0.384. The van der Waals surface area contributed by atoms with Crippen LogP contribution >= 0.6 is 0 Å². The van der Waals surface area contributed by atoms with Crippen LogP contribution in [-0.4, -0.2) is 18.2 Å². The van der Waals surface area contributed by atoms with Crippen molar-refractivity contribution in [3.63, 3.8) is 0 Å². The molecule has 0 unspecified atom stereocenters. The second-order valence-electron chi connectivity index (χ2n) is 8.61. The molecule has 0 fully saturated rings. The zero-order valence-corrected chi connectivity index (χ0v) is 18.8. The average molecular weight is 437 g/mol. The smallest absolute Gasteiger partial charge is 0.161 e. The number of pyridine rings is 1. The molecule has 0 spiro atoms. The van der Waals surface area contributed by atoms with E-state index in [2.05, 4.69) is 65.6 Å². The number of benzene rings is 3. The molecule has 4 nitrogen and oxygen atoms in total. The molecule has 166 valence electrons. The second kappa shape index (κ2) is 9.37. The molecule has 0 saturated carbocycles. The van der Waals surface area contributed by atoms with Gasteiger partial charge in [0.2, 0.25) is 0 Å². The summed E-state index contributed by atoms with van der Waals surface area (Å²) in [5.41, 5.74) is 13.1. The number of nitrogen functional groups attached to an aromatic ring is 1. The molecule has 0 aliphatic heterocycles. The van der Waals surface area contributed by atoms with Crippen LogP contribution in [0, 0.1) is 0 Å². The summed E-state index contributed by atoms with van der Waals surface area (Å²) < 4.78 is 12.2. The first kappa shape index (κ1) is 21.1. The van der Waals surface area contributed by atoms with Gasteiger partial charge in [0, 0.05) is 36.8 Å². The third-order valence-electron chi connectivity index (χ3n) is 6.43. The normalized spacial score (nSPS) is 14.0. The highest BCUT2D eigenvalue weighted by atomic mass is 16.5. The molecule has 1 heterocycles. The topological polar surface area (TPSA) is 57.4 Å². The van der Waals surface area contributed by atoms with Gasteiger partial charge in [0.25, 0.3) is 0 Å². The first-order valence-electron chi connectivity index (χ1n) is 11.4. The van der Waals surface area contributed by atoms with E-state index in [4.69, 9.17) is 15.2 Å². The van der Waals surface area contributed by atoms with Gasteiger partial charge in [-0.25, -0.2) is 0 Å². The Hall–Kier alpha value is -3.79. The molecule has 1 atom stereocenters. The lowest BCUT2D eigenvalue weighted by atomic mass is 9.86. The van der Waals surface area contributed by atoms with Crippen LogP contribution in [0.3, 0.4) is 0 Å². The molecule has 2 N–H and O–H groups in total. The van der Waals surface area contributed by atoms with E-state index in [0.29, 0.717) is 0 Å². The molecule has 33 heavy (non-hydrogen) atoms. The summed E-state index contributed by atoms with van der Waals surface area (Å²) >= 11 is 0. The summed E-state index contributed by atoms with van der Waals surface area (Å²) in [6.07, 6.45) is 6.49. The summed E-state index contributed by atoms with van der Waals surface area (Å²) in [5.74, 6) is 1.71. The Morgan fingerprint density at radius 1 is 0.848 bits per heavy atom. The monoisotopic (exact) mass is 436 g/mol. The number of hydrogen-bond donors (Lipinski definition) is 1. The fourth-order valence-electron chi connectivity index (χ4n) is 4.69. The van der Waals surface area contributed by atoms with Crippen molar-refractivity contribution in [1.82, 2.24) is 4.98 Å². The molecular formula is C29H28N2O2. The van der Waals surface area contributed by atoms with Crippen LogP contribution in [0.25, 0.3) is 0 Å². The van der Waals surface area contributed by atoms with Crippen molar-refractivity contribution in [3.8, 4) is 11.5 Å². The van der Waals surface area contributed by atoms with Crippen LogP contribution in [0.2, 0.25) is 0 Å². The third kappa shape index (κ3) is 4.70. The lowest BCUT2D eigenvalue weighted by Crippen LogP contribution is -2.17. The predicted molar refractivity (Wildman–Crippen MR) is 132 cm³/mol. The van der Waals surface area contributed by atoms with Crippen molar-refractivity contribution < 1.29 is 9.47 Å². The molecule has 0 amide bonds. The molecule has 1 aromatic heterocycles. The maximum Gasteiger partial charge on any atom is 0.161 e. The van der Waals surface area contributed by atoms with Crippen LogP contribution in [0.4, 0.5) is 5.69 Å². The highest BCUT2D eigenvalue weighted by Crippen LogP contribution is 2.37. The number of fused-ring (bicyclic) bond motifs is 1. The Morgan fingerprint density at radius 2 is 1.52 bits per heavy atom. The Kier molecular flexibility index (Phi) is 5.99. The SMILES string of the molecule is COc1ccc([C@H](Cc2ccncc2)c2ccc(N)cc2)cc1OC1Cc2ccccc2C1. The Morgan fingerprint density at radius 3 is 2.18 bits per heavy atom. The molecule has 5 rings (SSSR count). The van der Waals surface area contributed by atoms with E-state index in [1.807, 2.05) is 30.6 Å². The van der Waals surface area contributed by atoms with Crippen molar-refractivity contribution in [1.29, 1.82) is 0 Å². The van der Waals surface area contributed by atoms with Gasteiger partial charge in [0.05, 0.1) is 7.11 Å². The number of methoxy groups -OCH3 is 1. The number of hydrogen-bond acceptors (Lipinski definition) is 4. The van der Waals surface area contributed by atoms with Gasteiger partial charge in [-0.3, -0.25) is 4.98 Å². The zero-order chi connectivity index (χ0) is 22.6. The standard InChI is InChI=1S/C29H28N2O2/c1-32-28-11-8-24(19-29(28)33-26-17-22-4-2-3-5-23(22)18-26)27(16-20-12-14-31-15-13-20)21-6-9-25(30)10-7-21/h2-15,19,26-27H,16-18,30H2,1H3/t27-/m1/s1. The number of nitrogens with zero attached hydrogens (tertiary/aromatic N) is 1. The van der Waals surface area contributed by atoms with Crippen LogP contribution in [0.5, 0.6) is 11.5 Å². The third-order valence-corrected chi connectivity index (χ3v) is 6.43. The van der Waals surface area contributed by atoms with Crippen LogP contribution < -0.4 is 15.2 Å². The lowest BCUT2D eigenvalue weighted by molar-refractivity contribution is 0.204. The summed E-state index contributed by atoms with van der Waals surface area (Å²) in [6.45, 7) is 0. The molecule has 0 saturated heterocycles. The number of anilines is 1. The highest BCUT2D eigenvalue weighted by molar-refractivity contribution is 5.49. The van der Waals surface area contributed by atoms with Gasteiger partial charge in [0.1, 0.15) is 6.10 Å². The maximum absolute atomic E-state index is 6.52. The number of nitrogens with two attached hydrogens (primary N) is 1. The minimum atomic E-state index is 0.113. The minimum absolute atomic E-state index is 0.113. The van der Waals surface area contributed by atoms with Crippen molar-refractivity contribution >= 4 is 5.69 Å². The Bertz CT molecular complexity index is 1200. The number of rotatable bonds is 7. The van der Waals surface area contributed by atoms with E-state index in [0.717, 1.165) is 36.4 Å². The van der Waals surface area contributed by atoms with Gasteiger partial charge in [0.15, 0.2) is 11.5 Å². The Balaban J connectivity index is 1.47. The minimum Gasteiger partial charge on any atom is -0.493 e. The summed E-state index contributed by atoms with van der Waals surface area (Å²) in [6, 6.07) is 27.2. The van der Waals surface area contributed by atoms with Crippen molar-refractivity contribution in [3.05, 3.63) is 119 Å². The predicted octanol–water partition coefficient (Wildman–Crippen LogP) is 5.59. The van der Waals surface area contributed by atoms with Crippen molar-refractivity contribution in [2.75, 3.05) is 12.8 Å². The fraction of sp³-hybridized carbons (Fsp3) is 0.207. The van der Waals surface area contributed by atoms with Crippen LogP contribution in [0.15, 0.2) is 91.3 Å². The average Bonchev–Trinajstić information content (AvgIpc) is 3.26. The van der Waals surface area contributed by atoms with Gasteiger partial charge in [-0.05, 0) is 70.6 Å². The lowest BCUT2D eigenvalue weighted by Gasteiger charge is -2.22. The molecule has 0 radical (unpaired) electrons.